The predicted molar refractivity (Wildman–Crippen MR) is 129 cm³/mol. The van der Waals surface area contributed by atoms with Crippen LogP contribution in [0.25, 0.3) is 22.3 Å². The van der Waals surface area contributed by atoms with Crippen LogP contribution in [-0.2, 0) is 15.9 Å². The lowest BCUT2D eigenvalue weighted by atomic mass is 9.94. The molecule has 0 unspecified atom stereocenters. The smallest absolute Gasteiger partial charge is 0.166 e. The zero-order valence-corrected chi connectivity index (χ0v) is 19.5. The van der Waals surface area contributed by atoms with Gasteiger partial charge in [-0.05, 0) is 67.0 Å². The summed E-state index contributed by atoms with van der Waals surface area (Å²) in [6.45, 7) is 4.60. The van der Waals surface area contributed by atoms with Crippen molar-refractivity contribution >= 4 is 0 Å². The van der Waals surface area contributed by atoms with Crippen molar-refractivity contribution in [1.29, 1.82) is 0 Å². The van der Waals surface area contributed by atoms with Gasteiger partial charge in [-0.15, -0.1) is 0 Å². The van der Waals surface area contributed by atoms with Gasteiger partial charge in [0, 0.05) is 11.5 Å². The molecule has 1 aliphatic rings. The Morgan fingerprint density at radius 1 is 0.853 bits per heavy atom. The predicted octanol–water partition coefficient (Wildman–Crippen LogP) is 7.81. The van der Waals surface area contributed by atoms with Gasteiger partial charge >= 0.3 is 0 Å². The molecule has 4 rings (SSSR count). The summed E-state index contributed by atoms with van der Waals surface area (Å²) in [5.74, 6) is -2.08. The molecule has 0 N–H and O–H groups in total. The number of aryl methyl sites for hydroxylation is 1. The third-order valence-corrected chi connectivity index (χ3v) is 6.25. The van der Waals surface area contributed by atoms with Gasteiger partial charge in [0.2, 0.25) is 0 Å². The Hall–Kier alpha value is -2.89. The van der Waals surface area contributed by atoms with E-state index in [9.17, 15) is 13.2 Å². The first-order valence-electron chi connectivity index (χ1n) is 11.7. The number of ether oxygens (including phenoxy) is 2. The number of rotatable bonds is 7. The molecule has 0 spiro atoms. The molecule has 0 bridgehead atoms. The van der Waals surface area contributed by atoms with Gasteiger partial charge in [0.25, 0.3) is 0 Å². The molecule has 178 valence electrons. The van der Waals surface area contributed by atoms with Gasteiger partial charge in [0.15, 0.2) is 17.9 Å². The molecule has 0 atom stereocenters. The Kier molecular flexibility index (Phi) is 7.86. The van der Waals surface area contributed by atoms with Crippen molar-refractivity contribution < 1.29 is 22.6 Å². The van der Waals surface area contributed by atoms with E-state index in [0.29, 0.717) is 41.9 Å². The number of benzene rings is 3. The molecule has 0 aromatic heterocycles. The van der Waals surface area contributed by atoms with Gasteiger partial charge in [0.05, 0.1) is 13.2 Å². The molecule has 0 aliphatic carbocycles. The number of unbranched alkanes of at least 4 members (excludes halogenated alkanes) is 1. The number of allylic oxidation sites excluding steroid dienone is 2. The van der Waals surface area contributed by atoms with Crippen molar-refractivity contribution in [3.05, 3.63) is 95.3 Å². The zero-order valence-electron chi connectivity index (χ0n) is 19.5. The molecule has 0 saturated carbocycles. The van der Waals surface area contributed by atoms with Gasteiger partial charge in [-0.25, -0.2) is 13.2 Å². The van der Waals surface area contributed by atoms with Crippen LogP contribution in [0.15, 0.2) is 66.7 Å². The average Bonchev–Trinajstić information content (AvgIpc) is 2.85. The molecule has 3 aromatic carbocycles. The van der Waals surface area contributed by atoms with Crippen LogP contribution in [0.3, 0.4) is 0 Å². The minimum Gasteiger partial charge on any atom is -0.352 e. The Morgan fingerprint density at radius 2 is 1.53 bits per heavy atom. The van der Waals surface area contributed by atoms with Crippen molar-refractivity contribution in [3.63, 3.8) is 0 Å². The highest BCUT2D eigenvalue weighted by Crippen LogP contribution is 2.31. The zero-order chi connectivity index (χ0) is 24.1. The molecule has 0 radical (unpaired) electrons. The summed E-state index contributed by atoms with van der Waals surface area (Å²) in [6, 6.07) is 15.4. The van der Waals surface area contributed by atoms with Crippen molar-refractivity contribution in [3.8, 4) is 22.3 Å². The molecule has 3 aromatic rings. The lowest BCUT2D eigenvalue weighted by Gasteiger charge is -2.27. The molecule has 1 fully saturated rings. The van der Waals surface area contributed by atoms with Crippen molar-refractivity contribution in [2.75, 3.05) is 13.2 Å². The highest BCUT2D eigenvalue weighted by atomic mass is 19.2. The Labute approximate surface area is 199 Å². The molecule has 0 amide bonds. The van der Waals surface area contributed by atoms with Crippen LogP contribution in [0.1, 0.15) is 43.7 Å². The number of hydrogen-bond donors (Lipinski definition) is 0. The summed E-state index contributed by atoms with van der Waals surface area (Å²) in [5, 5.41) is 0. The monoisotopic (exact) mass is 466 g/mol. The molecule has 1 heterocycles. The fourth-order valence-electron chi connectivity index (χ4n) is 4.24. The Balaban J connectivity index is 1.50. The Morgan fingerprint density at radius 3 is 2.21 bits per heavy atom. The maximum absolute atomic E-state index is 14.8. The van der Waals surface area contributed by atoms with E-state index < -0.39 is 11.6 Å². The second kappa shape index (κ2) is 11.0. The van der Waals surface area contributed by atoms with E-state index >= 15 is 0 Å². The minimum atomic E-state index is -0.835. The summed E-state index contributed by atoms with van der Waals surface area (Å²) in [4.78, 5) is 0. The molecule has 5 heteroatoms. The van der Waals surface area contributed by atoms with Crippen LogP contribution in [0.2, 0.25) is 0 Å². The standard InChI is InChI=1S/C29H29F3O2/c1-3-4-5-6-7-22-12-15-26(29(32)28(22)31)21-10-8-20(9-11-21)23-13-14-25(27(30)16-23)24-17-33-19(2)34-18-24/h3-4,8-16,19,24H,5-7,17-18H2,1-2H3/b4-3-. The maximum Gasteiger partial charge on any atom is 0.166 e. The van der Waals surface area contributed by atoms with Crippen molar-refractivity contribution in [2.24, 2.45) is 0 Å². The highest BCUT2D eigenvalue weighted by molar-refractivity contribution is 5.71. The number of halogens is 3. The molecule has 2 nitrogen and oxygen atoms in total. The van der Waals surface area contributed by atoms with Crippen LogP contribution < -0.4 is 0 Å². The van der Waals surface area contributed by atoms with Crippen LogP contribution >= 0.6 is 0 Å². The van der Waals surface area contributed by atoms with Crippen molar-refractivity contribution in [2.45, 2.75) is 45.3 Å². The van der Waals surface area contributed by atoms with E-state index in [1.165, 1.54) is 6.07 Å². The van der Waals surface area contributed by atoms with Gasteiger partial charge in [0.1, 0.15) is 5.82 Å². The lowest BCUT2D eigenvalue weighted by molar-refractivity contribution is -0.176. The maximum atomic E-state index is 14.8. The largest absolute Gasteiger partial charge is 0.352 e. The van der Waals surface area contributed by atoms with Gasteiger partial charge in [-0.3, -0.25) is 0 Å². The van der Waals surface area contributed by atoms with E-state index in [1.54, 1.807) is 42.5 Å². The second-order valence-corrected chi connectivity index (χ2v) is 8.61. The molecular formula is C29H29F3O2. The quantitative estimate of drug-likeness (QED) is 0.261. The third-order valence-electron chi connectivity index (χ3n) is 6.25. The first-order valence-corrected chi connectivity index (χ1v) is 11.7. The molecular weight excluding hydrogens is 437 g/mol. The fraction of sp³-hybridized carbons (Fsp3) is 0.310. The molecule has 1 saturated heterocycles. The van der Waals surface area contributed by atoms with Crippen LogP contribution in [-0.4, -0.2) is 19.5 Å². The summed E-state index contributed by atoms with van der Waals surface area (Å²) in [7, 11) is 0. The molecule has 34 heavy (non-hydrogen) atoms. The Bertz CT molecular complexity index is 1150. The van der Waals surface area contributed by atoms with Crippen LogP contribution in [0.4, 0.5) is 13.2 Å². The van der Waals surface area contributed by atoms with Crippen molar-refractivity contribution in [1.82, 2.24) is 0 Å². The fourth-order valence-corrected chi connectivity index (χ4v) is 4.24. The van der Waals surface area contributed by atoms with Crippen LogP contribution in [0, 0.1) is 17.5 Å². The van der Waals surface area contributed by atoms with Gasteiger partial charge < -0.3 is 9.47 Å². The average molecular weight is 467 g/mol. The first kappa shape index (κ1) is 24.2. The summed E-state index contributed by atoms with van der Waals surface area (Å²) in [5.41, 5.74) is 3.25. The first-order chi connectivity index (χ1) is 16.5. The van der Waals surface area contributed by atoms with E-state index in [1.807, 2.05) is 32.1 Å². The van der Waals surface area contributed by atoms with E-state index in [-0.39, 0.29) is 23.6 Å². The second-order valence-electron chi connectivity index (χ2n) is 8.61. The highest BCUT2D eigenvalue weighted by Gasteiger charge is 2.23. The number of hydrogen-bond acceptors (Lipinski definition) is 2. The lowest BCUT2D eigenvalue weighted by Crippen LogP contribution is -2.29. The molecule has 1 aliphatic heterocycles. The summed E-state index contributed by atoms with van der Waals surface area (Å²) in [6.07, 6.45) is 5.80. The van der Waals surface area contributed by atoms with Gasteiger partial charge in [-0.2, -0.15) is 0 Å². The normalized spacial score (nSPS) is 18.5. The summed E-state index contributed by atoms with van der Waals surface area (Å²) >= 11 is 0. The minimum absolute atomic E-state index is 0.142. The van der Waals surface area contributed by atoms with E-state index in [4.69, 9.17) is 9.47 Å². The third kappa shape index (κ3) is 5.43. The SMILES string of the molecule is C/C=C\CCCc1ccc(-c2ccc(-c3ccc(C4COC(C)OC4)c(F)c3)cc2)c(F)c1F. The van der Waals surface area contributed by atoms with E-state index in [2.05, 4.69) is 0 Å². The topological polar surface area (TPSA) is 18.5 Å². The summed E-state index contributed by atoms with van der Waals surface area (Å²) < 4.78 is 55.2. The van der Waals surface area contributed by atoms with Crippen LogP contribution in [0.5, 0.6) is 0 Å². The van der Waals surface area contributed by atoms with Gasteiger partial charge in [-0.1, -0.05) is 60.7 Å². The van der Waals surface area contributed by atoms with E-state index in [0.717, 1.165) is 18.4 Å².